The Morgan fingerprint density at radius 3 is 2.46 bits per heavy atom. The Morgan fingerprint density at radius 1 is 1.17 bits per heavy atom. The Labute approximate surface area is 145 Å². The van der Waals surface area contributed by atoms with Gasteiger partial charge < -0.3 is 5.32 Å². The minimum absolute atomic E-state index is 0.0295. The van der Waals surface area contributed by atoms with Gasteiger partial charge in [0.2, 0.25) is 15.9 Å². The highest BCUT2D eigenvalue weighted by molar-refractivity contribution is 7.88. The van der Waals surface area contributed by atoms with Gasteiger partial charge in [0.15, 0.2) is 0 Å². The average molecular weight is 353 g/mol. The van der Waals surface area contributed by atoms with Crippen molar-refractivity contribution in [1.82, 2.24) is 9.62 Å². The fourth-order valence-electron chi connectivity index (χ4n) is 3.00. The molecule has 1 aromatic rings. The number of hydrogen-bond donors (Lipinski definition) is 1. The first kappa shape index (κ1) is 18.9. The third-order valence-electron chi connectivity index (χ3n) is 4.49. The quantitative estimate of drug-likeness (QED) is 0.731. The number of unbranched alkanes of at least 4 members (excludes halogenated alkanes) is 2. The van der Waals surface area contributed by atoms with Crippen molar-refractivity contribution in [1.29, 1.82) is 0 Å². The number of nitrogens with zero attached hydrogens (tertiary/aromatic N) is 1. The van der Waals surface area contributed by atoms with Crippen LogP contribution in [-0.2, 0) is 20.6 Å². The predicted octanol–water partition coefficient (Wildman–Crippen LogP) is 2.53. The number of piperidine rings is 1. The second-order valence-corrected chi connectivity index (χ2v) is 8.38. The molecule has 0 spiro atoms. The number of carbonyl (C=O) groups is 1. The molecule has 0 aromatic heterocycles. The Morgan fingerprint density at radius 2 is 1.83 bits per heavy atom. The minimum atomic E-state index is -3.31. The van der Waals surface area contributed by atoms with Crippen molar-refractivity contribution < 1.29 is 13.2 Å². The lowest BCUT2D eigenvalue weighted by Gasteiger charge is -2.30. The largest absolute Gasteiger partial charge is 0.356 e. The van der Waals surface area contributed by atoms with Gasteiger partial charge in [-0.25, -0.2) is 12.7 Å². The van der Waals surface area contributed by atoms with E-state index in [1.54, 1.807) is 0 Å². The summed E-state index contributed by atoms with van der Waals surface area (Å²) in [5, 5.41) is 2.97. The highest BCUT2D eigenvalue weighted by atomic mass is 32.2. The number of rotatable bonds is 8. The van der Waals surface area contributed by atoms with Gasteiger partial charge in [-0.15, -0.1) is 0 Å². The molecule has 6 heteroatoms. The molecule has 0 radical (unpaired) electrons. The third-order valence-corrected chi connectivity index (χ3v) is 6.34. The molecule has 1 heterocycles. The highest BCUT2D eigenvalue weighted by Gasteiger charge is 2.30. The van der Waals surface area contributed by atoms with Crippen molar-refractivity contribution in [2.45, 2.75) is 44.8 Å². The Bertz CT molecular complexity index is 608. The molecule has 1 amide bonds. The minimum Gasteiger partial charge on any atom is -0.356 e. The van der Waals surface area contributed by atoms with Crippen molar-refractivity contribution in [2.24, 2.45) is 5.92 Å². The number of amides is 1. The maximum absolute atomic E-state index is 12.5. The molecular formula is C18H28N2O3S. The van der Waals surface area contributed by atoms with Crippen molar-refractivity contribution in [3.8, 4) is 0 Å². The average Bonchev–Trinajstić information content (AvgIpc) is 2.59. The van der Waals surface area contributed by atoms with Gasteiger partial charge >= 0.3 is 0 Å². The maximum atomic E-state index is 12.5. The lowest BCUT2D eigenvalue weighted by molar-refractivity contribution is -0.126. The summed E-state index contributed by atoms with van der Waals surface area (Å²) in [6.45, 7) is 3.72. The Hall–Kier alpha value is -1.40. The topological polar surface area (TPSA) is 66.5 Å². The summed E-state index contributed by atoms with van der Waals surface area (Å²) < 4.78 is 26.5. The van der Waals surface area contributed by atoms with Gasteiger partial charge in [0.1, 0.15) is 0 Å². The van der Waals surface area contributed by atoms with Crippen LogP contribution in [0.4, 0.5) is 0 Å². The molecule has 0 bridgehead atoms. The summed E-state index contributed by atoms with van der Waals surface area (Å²) in [4.78, 5) is 12.1. The van der Waals surface area contributed by atoms with Crippen molar-refractivity contribution in [3.05, 3.63) is 35.9 Å². The van der Waals surface area contributed by atoms with Crippen LogP contribution in [0.5, 0.6) is 0 Å². The summed E-state index contributed by atoms with van der Waals surface area (Å²) in [7, 11) is -3.31. The second-order valence-electron chi connectivity index (χ2n) is 6.41. The molecule has 1 N–H and O–H groups in total. The Balaban J connectivity index is 1.80. The van der Waals surface area contributed by atoms with E-state index in [0.717, 1.165) is 31.4 Å². The molecule has 2 rings (SSSR count). The molecule has 134 valence electrons. The van der Waals surface area contributed by atoms with Crippen LogP contribution in [0.2, 0.25) is 0 Å². The zero-order valence-corrected chi connectivity index (χ0v) is 15.2. The summed E-state index contributed by atoms with van der Waals surface area (Å²) in [5.74, 6) is 0.0443. The van der Waals surface area contributed by atoms with Gasteiger partial charge in [-0.05, 0) is 24.8 Å². The van der Waals surface area contributed by atoms with E-state index in [1.807, 2.05) is 30.3 Å². The molecule has 1 aliphatic heterocycles. The summed E-state index contributed by atoms with van der Waals surface area (Å²) in [6.07, 6.45) is 4.47. The zero-order chi connectivity index (χ0) is 17.4. The number of hydrogen-bond acceptors (Lipinski definition) is 3. The van der Waals surface area contributed by atoms with Gasteiger partial charge in [-0.1, -0.05) is 50.1 Å². The van der Waals surface area contributed by atoms with Crippen LogP contribution in [0.15, 0.2) is 30.3 Å². The third kappa shape index (κ3) is 5.60. The molecule has 1 saturated heterocycles. The van der Waals surface area contributed by atoms with Gasteiger partial charge in [-0.2, -0.15) is 0 Å². The zero-order valence-electron chi connectivity index (χ0n) is 14.4. The van der Waals surface area contributed by atoms with Crippen LogP contribution in [0.3, 0.4) is 0 Å². The lowest BCUT2D eigenvalue weighted by atomic mass is 9.97. The van der Waals surface area contributed by atoms with Crippen molar-refractivity contribution in [2.75, 3.05) is 19.6 Å². The van der Waals surface area contributed by atoms with Gasteiger partial charge in [0.25, 0.3) is 0 Å². The lowest BCUT2D eigenvalue weighted by Crippen LogP contribution is -2.43. The molecule has 0 atom stereocenters. The predicted molar refractivity (Wildman–Crippen MR) is 95.9 cm³/mol. The van der Waals surface area contributed by atoms with Gasteiger partial charge in [-0.3, -0.25) is 4.79 Å². The van der Waals surface area contributed by atoms with Crippen LogP contribution in [0.25, 0.3) is 0 Å². The molecule has 1 aliphatic rings. The molecule has 0 aliphatic carbocycles. The molecule has 24 heavy (non-hydrogen) atoms. The first-order valence-corrected chi connectivity index (χ1v) is 10.4. The second kappa shape index (κ2) is 9.18. The van der Waals surface area contributed by atoms with Crippen LogP contribution >= 0.6 is 0 Å². The van der Waals surface area contributed by atoms with Crippen molar-refractivity contribution >= 4 is 15.9 Å². The number of nitrogens with one attached hydrogen (secondary N) is 1. The van der Waals surface area contributed by atoms with E-state index in [4.69, 9.17) is 0 Å². The first-order chi connectivity index (χ1) is 11.5. The number of sulfonamides is 1. The van der Waals surface area contributed by atoms with E-state index < -0.39 is 10.0 Å². The molecule has 1 aromatic carbocycles. The molecule has 1 fully saturated rings. The summed E-state index contributed by atoms with van der Waals surface area (Å²) >= 11 is 0. The normalized spacial score (nSPS) is 16.9. The SMILES string of the molecule is CCCCCNC(=O)C1CCN(S(=O)(=O)Cc2ccccc2)CC1. The maximum Gasteiger partial charge on any atom is 0.223 e. The molecule has 0 saturated carbocycles. The van der Waals surface area contributed by atoms with Crippen LogP contribution < -0.4 is 5.32 Å². The standard InChI is InChI=1S/C18H28N2O3S/c1-2-3-7-12-19-18(21)17-10-13-20(14-11-17)24(22,23)15-16-8-5-4-6-9-16/h4-6,8-9,17H,2-3,7,10-15H2,1H3,(H,19,21). The van der Waals surface area contributed by atoms with Crippen molar-refractivity contribution in [3.63, 3.8) is 0 Å². The van der Waals surface area contributed by atoms with E-state index in [1.165, 1.54) is 4.31 Å². The number of carbonyl (C=O) groups excluding carboxylic acids is 1. The van der Waals surface area contributed by atoms with Gasteiger partial charge in [0.05, 0.1) is 5.75 Å². The van der Waals surface area contributed by atoms with Crippen LogP contribution in [0.1, 0.15) is 44.6 Å². The Kier molecular flexibility index (Phi) is 7.24. The first-order valence-electron chi connectivity index (χ1n) is 8.82. The summed E-state index contributed by atoms with van der Waals surface area (Å²) in [5.41, 5.74) is 0.799. The van der Waals surface area contributed by atoms with Crippen LogP contribution in [-0.4, -0.2) is 38.3 Å². The molecular weight excluding hydrogens is 324 g/mol. The fourth-order valence-corrected chi connectivity index (χ4v) is 4.57. The van der Waals surface area contributed by atoms with Crippen LogP contribution in [0, 0.1) is 5.92 Å². The number of benzene rings is 1. The molecule has 5 nitrogen and oxygen atoms in total. The van der Waals surface area contributed by atoms with E-state index in [2.05, 4.69) is 12.2 Å². The van der Waals surface area contributed by atoms with E-state index in [9.17, 15) is 13.2 Å². The summed E-state index contributed by atoms with van der Waals surface area (Å²) in [6, 6.07) is 9.22. The van der Waals surface area contributed by atoms with Gasteiger partial charge in [0, 0.05) is 25.6 Å². The smallest absolute Gasteiger partial charge is 0.223 e. The highest BCUT2D eigenvalue weighted by Crippen LogP contribution is 2.21. The molecule has 0 unspecified atom stereocenters. The van der Waals surface area contributed by atoms with E-state index >= 15 is 0 Å². The fraction of sp³-hybridized carbons (Fsp3) is 0.611. The van der Waals surface area contributed by atoms with E-state index in [0.29, 0.717) is 25.9 Å². The van der Waals surface area contributed by atoms with E-state index in [-0.39, 0.29) is 17.6 Å². The monoisotopic (exact) mass is 352 g/mol.